The third-order valence-corrected chi connectivity index (χ3v) is 13.1. The number of allylic oxidation sites excluding steroid dienone is 2. The number of rotatable bonds is 10. The van der Waals surface area contributed by atoms with Crippen molar-refractivity contribution in [2.45, 2.75) is 65.7 Å². The van der Waals surface area contributed by atoms with Gasteiger partial charge in [-0.1, -0.05) is 137 Å². The Morgan fingerprint density at radius 3 is 1.31 bits per heavy atom. The fourth-order valence-corrected chi connectivity index (χ4v) is 10.5. The number of anilines is 2. The maximum atomic E-state index is 17.0. The Balaban J connectivity index is 1.29. The maximum Gasteiger partial charge on any atom is 0.198 e. The first-order valence-electron chi connectivity index (χ1n) is 22.6. The number of fused-ring (bicyclic) bond motifs is 4. The van der Waals surface area contributed by atoms with Gasteiger partial charge in [-0.2, -0.15) is 0 Å². The smallest absolute Gasteiger partial charge is 0.198 e. The lowest BCUT2D eigenvalue weighted by Crippen LogP contribution is -2.46. The molecule has 312 valence electrons. The summed E-state index contributed by atoms with van der Waals surface area (Å²) >= 11 is 0. The largest absolute Gasteiger partial charge is 0.368 e. The van der Waals surface area contributed by atoms with Crippen LogP contribution in [-0.2, 0) is 30.7 Å². The molecule has 4 aliphatic rings. The molecule has 0 fully saturated rings. The summed E-state index contributed by atoms with van der Waals surface area (Å²) in [6.07, 6.45) is 5.59. The molecule has 2 atom stereocenters. The van der Waals surface area contributed by atoms with E-state index in [9.17, 15) is 0 Å². The molecule has 2 aromatic heterocycles. The number of aromatic nitrogens is 2. The molecular weight excluding hydrogens is 761 g/mol. The highest BCUT2D eigenvalue weighted by atomic mass is 16.1. The lowest BCUT2D eigenvalue weighted by atomic mass is 9.79. The van der Waals surface area contributed by atoms with E-state index in [-0.39, 0.29) is 17.9 Å². The second-order valence-corrected chi connectivity index (χ2v) is 18.2. The highest BCUT2D eigenvalue weighted by molar-refractivity contribution is 6.44. The van der Waals surface area contributed by atoms with Crippen molar-refractivity contribution in [3.63, 3.8) is 0 Å². The van der Waals surface area contributed by atoms with Crippen LogP contribution >= 0.6 is 0 Å². The van der Waals surface area contributed by atoms with Gasteiger partial charge < -0.3 is 19.6 Å². The van der Waals surface area contributed by atoms with Gasteiger partial charge in [-0.3, -0.25) is 4.79 Å². The van der Waals surface area contributed by atoms with E-state index in [2.05, 4.69) is 169 Å². The van der Waals surface area contributed by atoms with Gasteiger partial charge in [-0.05, 0) is 82.3 Å². The monoisotopic (exact) mass is 816 g/mol. The number of hydrogen-bond acceptors (Lipinski definition) is 7. The summed E-state index contributed by atoms with van der Waals surface area (Å²) in [5, 5.41) is 0. The lowest BCUT2D eigenvalue weighted by molar-refractivity contribution is -0.109. The molecule has 0 radical (unpaired) electrons. The Morgan fingerprint density at radius 1 is 0.516 bits per heavy atom. The molecule has 0 bridgehead atoms. The van der Waals surface area contributed by atoms with Crippen LogP contribution < -0.4 is 9.80 Å². The molecule has 0 N–H and O–H groups in total. The van der Waals surface area contributed by atoms with Crippen molar-refractivity contribution in [1.82, 2.24) is 19.8 Å². The molecule has 0 amide bonds. The standard InChI is InChI=1S/C55H56N6O/c1-37(2)33-60-49(41-19-7-5-8-20-41)51(58-31-27-39-17-11-13-23-43(39)35-58)47(45-25-15-29-56-54(45)60)53(62)48-46-26-16-30-57-55(46)61(34-38(3)4)50(42-21-9-6-10-22-42)52(48)59-32-28-40-18-12-14-24-44(40)36-59/h5-26,29-30,37-38,49-50H,27-28,31-36H2,1-4H3. The van der Waals surface area contributed by atoms with E-state index < -0.39 is 0 Å². The Hall–Kier alpha value is -6.47. The molecule has 0 saturated carbocycles. The van der Waals surface area contributed by atoms with Crippen LogP contribution in [-0.4, -0.2) is 51.7 Å². The molecule has 0 aliphatic carbocycles. The van der Waals surface area contributed by atoms with Crippen molar-refractivity contribution in [3.8, 4) is 0 Å². The fourth-order valence-electron chi connectivity index (χ4n) is 10.5. The number of carbonyl (C=O) groups is 1. The average Bonchev–Trinajstić information content (AvgIpc) is 3.31. The number of hydrogen-bond donors (Lipinski definition) is 0. The Bertz CT molecular complexity index is 2490. The number of Topliss-reactive ketones (excluding diaryl/α,β-unsaturated/α-hetero) is 1. The predicted molar refractivity (Wildman–Crippen MR) is 251 cm³/mol. The second kappa shape index (κ2) is 16.8. The minimum Gasteiger partial charge on any atom is -0.368 e. The molecule has 2 unspecified atom stereocenters. The molecule has 4 aromatic carbocycles. The van der Waals surface area contributed by atoms with Crippen molar-refractivity contribution in [2.24, 2.45) is 11.8 Å². The Kier molecular flexibility index (Phi) is 10.7. The van der Waals surface area contributed by atoms with E-state index >= 15 is 4.79 Å². The van der Waals surface area contributed by atoms with Crippen molar-refractivity contribution >= 4 is 28.6 Å². The number of nitrogens with zero attached hydrogens (tertiary/aromatic N) is 6. The van der Waals surface area contributed by atoms with Gasteiger partial charge in [-0.25, -0.2) is 9.97 Å². The van der Waals surface area contributed by atoms with E-state index in [1.807, 2.05) is 24.5 Å². The van der Waals surface area contributed by atoms with E-state index in [0.29, 0.717) is 11.8 Å². The van der Waals surface area contributed by atoms with Crippen LogP contribution in [0.25, 0.3) is 11.1 Å². The van der Waals surface area contributed by atoms with Gasteiger partial charge in [0.15, 0.2) is 5.78 Å². The van der Waals surface area contributed by atoms with Crippen molar-refractivity contribution in [3.05, 3.63) is 202 Å². The third kappa shape index (κ3) is 7.17. The minimum atomic E-state index is -0.240. The summed E-state index contributed by atoms with van der Waals surface area (Å²) in [7, 11) is 0. The van der Waals surface area contributed by atoms with Gasteiger partial charge in [-0.15, -0.1) is 0 Å². The number of pyridine rings is 2. The van der Waals surface area contributed by atoms with Crippen LogP contribution in [0, 0.1) is 11.8 Å². The van der Waals surface area contributed by atoms with E-state index in [1.54, 1.807) is 0 Å². The zero-order valence-electron chi connectivity index (χ0n) is 36.4. The third-order valence-electron chi connectivity index (χ3n) is 13.1. The molecule has 7 heteroatoms. The van der Waals surface area contributed by atoms with Crippen LogP contribution in [0.5, 0.6) is 0 Å². The summed E-state index contributed by atoms with van der Waals surface area (Å²) < 4.78 is 0. The van der Waals surface area contributed by atoms with E-state index in [0.717, 1.165) is 109 Å². The van der Waals surface area contributed by atoms with E-state index in [4.69, 9.17) is 9.97 Å². The summed E-state index contributed by atoms with van der Waals surface area (Å²) in [6.45, 7) is 13.7. The van der Waals surface area contributed by atoms with Crippen LogP contribution in [0.3, 0.4) is 0 Å². The van der Waals surface area contributed by atoms with Crippen molar-refractivity contribution < 1.29 is 4.79 Å². The van der Waals surface area contributed by atoms with Crippen molar-refractivity contribution in [2.75, 3.05) is 36.0 Å². The first kappa shape index (κ1) is 39.7. The molecule has 0 spiro atoms. The Morgan fingerprint density at radius 2 is 0.903 bits per heavy atom. The highest BCUT2D eigenvalue weighted by Gasteiger charge is 2.46. The average molecular weight is 817 g/mol. The van der Waals surface area contributed by atoms with Crippen LogP contribution in [0.2, 0.25) is 0 Å². The van der Waals surface area contributed by atoms with Gasteiger partial charge in [0.05, 0.1) is 34.6 Å². The second-order valence-electron chi connectivity index (χ2n) is 18.2. The van der Waals surface area contributed by atoms with Crippen LogP contribution in [0.15, 0.2) is 157 Å². The molecular formula is C55H56N6O. The lowest BCUT2D eigenvalue weighted by Gasteiger charge is -2.48. The minimum absolute atomic E-state index is 0.0338. The summed E-state index contributed by atoms with van der Waals surface area (Å²) in [4.78, 5) is 37.4. The topological polar surface area (TPSA) is 55.8 Å². The van der Waals surface area contributed by atoms with Crippen LogP contribution in [0.1, 0.15) is 84.3 Å². The van der Waals surface area contributed by atoms with Gasteiger partial charge >= 0.3 is 0 Å². The molecule has 10 rings (SSSR count). The zero-order chi connectivity index (χ0) is 42.3. The Labute approximate surface area is 367 Å². The number of ketones is 1. The van der Waals surface area contributed by atoms with Crippen LogP contribution in [0.4, 0.5) is 11.6 Å². The normalized spacial score (nSPS) is 18.5. The highest BCUT2D eigenvalue weighted by Crippen LogP contribution is 2.52. The molecule has 6 aromatic rings. The molecule has 7 nitrogen and oxygen atoms in total. The predicted octanol–water partition coefficient (Wildman–Crippen LogP) is 10.7. The first-order valence-corrected chi connectivity index (χ1v) is 22.6. The summed E-state index contributed by atoms with van der Waals surface area (Å²) in [6, 6.07) is 47.1. The fraction of sp³-hybridized carbons (Fsp3) is 0.291. The van der Waals surface area contributed by atoms with Gasteiger partial charge in [0, 0.05) is 62.8 Å². The molecule has 0 saturated heterocycles. The molecule has 62 heavy (non-hydrogen) atoms. The maximum absolute atomic E-state index is 17.0. The van der Waals surface area contributed by atoms with Gasteiger partial charge in [0.1, 0.15) is 11.6 Å². The zero-order valence-corrected chi connectivity index (χ0v) is 36.4. The quantitative estimate of drug-likeness (QED) is 0.136. The SMILES string of the molecule is CC(C)CN1c2ncccc2C(C(=O)C2=C(N3CCc4ccccc4C3)C(c3ccccc3)N(CC(C)C)c3ncccc32)=C(N2CCc3ccccc3C2)C1c1ccccc1. The molecule has 4 aliphatic heterocycles. The molecule has 6 heterocycles. The number of benzene rings is 4. The number of carbonyl (C=O) groups excluding carboxylic acids is 1. The van der Waals surface area contributed by atoms with Gasteiger partial charge in [0.2, 0.25) is 0 Å². The summed E-state index contributed by atoms with van der Waals surface area (Å²) in [5.74, 6) is 2.45. The first-order chi connectivity index (χ1) is 30.4. The van der Waals surface area contributed by atoms with Crippen molar-refractivity contribution in [1.29, 1.82) is 0 Å². The van der Waals surface area contributed by atoms with Gasteiger partial charge in [0.25, 0.3) is 0 Å². The summed E-state index contributed by atoms with van der Waals surface area (Å²) in [5.41, 5.74) is 13.1. The van der Waals surface area contributed by atoms with E-state index in [1.165, 1.54) is 22.3 Å².